The third kappa shape index (κ3) is 3.73. The largest absolute Gasteiger partial charge is 0.362 e. The number of pyridine rings is 1. The Morgan fingerprint density at radius 1 is 1.00 bits per heavy atom. The number of aryl methyl sites for hydroxylation is 2. The van der Waals surface area contributed by atoms with Gasteiger partial charge in [-0.1, -0.05) is 12.1 Å². The number of nitrogens with zero attached hydrogens (tertiary/aromatic N) is 4. The highest BCUT2D eigenvalue weighted by molar-refractivity contribution is 5.99. The van der Waals surface area contributed by atoms with Crippen molar-refractivity contribution < 1.29 is 4.79 Å². The van der Waals surface area contributed by atoms with Crippen molar-refractivity contribution in [2.75, 3.05) is 52.2 Å². The van der Waals surface area contributed by atoms with Crippen molar-refractivity contribution in [2.24, 2.45) is 0 Å². The van der Waals surface area contributed by atoms with E-state index in [2.05, 4.69) is 44.0 Å². The Balaban J connectivity index is 1.94. The number of benzene rings is 1. The molecule has 0 N–H and O–H groups in total. The van der Waals surface area contributed by atoms with Gasteiger partial charge in [-0.25, -0.2) is 4.98 Å². The summed E-state index contributed by atoms with van der Waals surface area (Å²) >= 11 is 0. The topological polar surface area (TPSA) is 39.7 Å². The molecule has 0 bridgehead atoms. The molecule has 0 saturated carbocycles. The number of likely N-dealkylation sites (N-methyl/N-ethyl adjacent to an activating group) is 1. The van der Waals surface area contributed by atoms with Gasteiger partial charge in [-0.2, -0.15) is 0 Å². The molecule has 1 amide bonds. The summed E-state index contributed by atoms with van der Waals surface area (Å²) in [4.78, 5) is 23.9. The van der Waals surface area contributed by atoms with E-state index in [9.17, 15) is 4.79 Å². The van der Waals surface area contributed by atoms with Crippen LogP contribution in [0.2, 0.25) is 0 Å². The molecule has 1 aromatic heterocycles. The van der Waals surface area contributed by atoms with E-state index in [0.29, 0.717) is 5.56 Å². The highest BCUT2D eigenvalue weighted by atomic mass is 16.2. The van der Waals surface area contributed by atoms with Crippen molar-refractivity contribution in [3.8, 4) is 11.3 Å². The van der Waals surface area contributed by atoms with Gasteiger partial charge < -0.3 is 14.7 Å². The molecule has 1 aliphatic rings. The van der Waals surface area contributed by atoms with Crippen LogP contribution in [0.25, 0.3) is 11.3 Å². The minimum atomic E-state index is 0.0703. The zero-order valence-electron chi connectivity index (χ0n) is 16.4. The number of carbonyl (C=O) groups is 1. The Morgan fingerprint density at radius 2 is 1.69 bits per heavy atom. The standard InChI is InChI=1S/C21H28N4O/c1-15-6-7-17(14-16(15)2)19-9-8-18(20(22-19)23(3)4)21(26)25-12-10-24(5)11-13-25/h6-9,14H,10-13H2,1-5H3. The number of hydrogen-bond donors (Lipinski definition) is 0. The Bertz CT molecular complexity index is 808. The van der Waals surface area contributed by atoms with E-state index in [1.54, 1.807) is 0 Å². The Morgan fingerprint density at radius 3 is 2.31 bits per heavy atom. The number of rotatable bonds is 3. The zero-order chi connectivity index (χ0) is 18.8. The van der Waals surface area contributed by atoms with Gasteiger partial charge in [0.1, 0.15) is 5.82 Å². The smallest absolute Gasteiger partial charge is 0.257 e. The lowest BCUT2D eigenvalue weighted by atomic mass is 10.0. The number of aromatic nitrogens is 1. The predicted molar refractivity (Wildman–Crippen MR) is 107 cm³/mol. The minimum Gasteiger partial charge on any atom is -0.362 e. The number of hydrogen-bond acceptors (Lipinski definition) is 4. The first-order valence-electron chi connectivity index (χ1n) is 9.10. The van der Waals surface area contributed by atoms with Crippen LogP contribution >= 0.6 is 0 Å². The molecule has 5 heteroatoms. The first-order chi connectivity index (χ1) is 12.4. The van der Waals surface area contributed by atoms with Crippen LogP contribution in [0.5, 0.6) is 0 Å². The van der Waals surface area contributed by atoms with Crippen LogP contribution in [0.15, 0.2) is 30.3 Å². The summed E-state index contributed by atoms with van der Waals surface area (Å²) in [6.07, 6.45) is 0. The second-order valence-corrected chi connectivity index (χ2v) is 7.36. The number of piperazine rings is 1. The number of amides is 1. The van der Waals surface area contributed by atoms with Crippen molar-refractivity contribution in [1.82, 2.24) is 14.8 Å². The van der Waals surface area contributed by atoms with E-state index in [1.807, 2.05) is 36.0 Å². The molecule has 3 rings (SSSR count). The van der Waals surface area contributed by atoms with E-state index in [4.69, 9.17) is 4.98 Å². The van der Waals surface area contributed by atoms with Gasteiger partial charge in [0, 0.05) is 45.8 Å². The molecule has 2 aromatic rings. The summed E-state index contributed by atoms with van der Waals surface area (Å²) in [5, 5.41) is 0. The summed E-state index contributed by atoms with van der Waals surface area (Å²) in [6, 6.07) is 10.2. The van der Waals surface area contributed by atoms with Crippen LogP contribution in [0.1, 0.15) is 21.5 Å². The lowest BCUT2D eigenvalue weighted by molar-refractivity contribution is 0.0664. The molecule has 0 spiro atoms. The molecule has 1 aromatic carbocycles. The first kappa shape index (κ1) is 18.4. The van der Waals surface area contributed by atoms with Gasteiger partial charge in [-0.3, -0.25) is 4.79 Å². The fraction of sp³-hybridized carbons (Fsp3) is 0.429. The van der Waals surface area contributed by atoms with E-state index >= 15 is 0 Å². The molecule has 5 nitrogen and oxygen atoms in total. The van der Waals surface area contributed by atoms with E-state index < -0.39 is 0 Å². The third-order valence-electron chi connectivity index (χ3n) is 5.12. The Kier molecular flexibility index (Phi) is 5.28. The lowest BCUT2D eigenvalue weighted by Crippen LogP contribution is -2.47. The maximum atomic E-state index is 13.0. The maximum Gasteiger partial charge on any atom is 0.257 e. The maximum absolute atomic E-state index is 13.0. The second kappa shape index (κ2) is 7.46. The van der Waals surface area contributed by atoms with Gasteiger partial charge in [0.25, 0.3) is 5.91 Å². The molecule has 1 saturated heterocycles. The summed E-state index contributed by atoms with van der Waals surface area (Å²) in [5.41, 5.74) is 5.16. The highest BCUT2D eigenvalue weighted by Gasteiger charge is 2.24. The predicted octanol–water partition coefficient (Wildman–Crippen LogP) is 2.82. The normalized spacial score (nSPS) is 15.2. The fourth-order valence-electron chi connectivity index (χ4n) is 3.20. The molecular weight excluding hydrogens is 324 g/mol. The van der Waals surface area contributed by atoms with Gasteiger partial charge in [0.05, 0.1) is 11.3 Å². The summed E-state index contributed by atoms with van der Waals surface area (Å²) in [6.45, 7) is 7.57. The lowest BCUT2D eigenvalue weighted by Gasteiger charge is -2.33. The van der Waals surface area contributed by atoms with Crippen molar-refractivity contribution >= 4 is 11.7 Å². The minimum absolute atomic E-state index is 0.0703. The van der Waals surface area contributed by atoms with Crippen LogP contribution < -0.4 is 4.90 Å². The van der Waals surface area contributed by atoms with Crippen LogP contribution in [0.4, 0.5) is 5.82 Å². The van der Waals surface area contributed by atoms with E-state index in [0.717, 1.165) is 43.3 Å². The molecule has 0 unspecified atom stereocenters. The van der Waals surface area contributed by atoms with E-state index in [1.165, 1.54) is 11.1 Å². The molecule has 1 fully saturated rings. The molecule has 138 valence electrons. The summed E-state index contributed by atoms with van der Waals surface area (Å²) < 4.78 is 0. The van der Waals surface area contributed by atoms with Crippen LogP contribution in [-0.4, -0.2) is 68.0 Å². The van der Waals surface area contributed by atoms with Crippen LogP contribution in [0, 0.1) is 13.8 Å². The van der Waals surface area contributed by atoms with Crippen molar-refractivity contribution in [2.45, 2.75) is 13.8 Å². The van der Waals surface area contributed by atoms with Gasteiger partial charge >= 0.3 is 0 Å². The molecule has 2 heterocycles. The summed E-state index contributed by atoms with van der Waals surface area (Å²) in [5.74, 6) is 0.797. The van der Waals surface area contributed by atoms with E-state index in [-0.39, 0.29) is 5.91 Å². The summed E-state index contributed by atoms with van der Waals surface area (Å²) in [7, 11) is 5.97. The van der Waals surface area contributed by atoms with Crippen molar-refractivity contribution in [3.63, 3.8) is 0 Å². The Hall–Kier alpha value is -2.40. The van der Waals surface area contributed by atoms with Gasteiger partial charge in [0.2, 0.25) is 0 Å². The van der Waals surface area contributed by atoms with Crippen molar-refractivity contribution in [3.05, 3.63) is 47.0 Å². The van der Waals surface area contributed by atoms with Crippen LogP contribution in [0.3, 0.4) is 0 Å². The first-order valence-corrected chi connectivity index (χ1v) is 9.10. The second-order valence-electron chi connectivity index (χ2n) is 7.36. The average Bonchev–Trinajstić information content (AvgIpc) is 2.63. The number of anilines is 1. The molecular formula is C21H28N4O. The average molecular weight is 352 g/mol. The van der Waals surface area contributed by atoms with Crippen LogP contribution in [-0.2, 0) is 0 Å². The quantitative estimate of drug-likeness (QED) is 0.852. The monoisotopic (exact) mass is 352 g/mol. The number of carbonyl (C=O) groups excluding carboxylic acids is 1. The molecule has 26 heavy (non-hydrogen) atoms. The highest BCUT2D eigenvalue weighted by Crippen LogP contribution is 2.26. The van der Waals surface area contributed by atoms with Gasteiger partial charge in [-0.15, -0.1) is 0 Å². The molecule has 0 aliphatic carbocycles. The van der Waals surface area contributed by atoms with Gasteiger partial charge in [-0.05, 0) is 50.2 Å². The van der Waals surface area contributed by atoms with Gasteiger partial charge in [0.15, 0.2) is 0 Å². The fourth-order valence-corrected chi connectivity index (χ4v) is 3.20. The molecule has 1 aliphatic heterocycles. The zero-order valence-corrected chi connectivity index (χ0v) is 16.4. The Labute approximate surface area is 156 Å². The van der Waals surface area contributed by atoms with Crippen molar-refractivity contribution in [1.29, 1.82) is 0 Å². The molecule has 0 radical (unpaired) electrons. The SMILES string of the molecule is Cc1ccc(-c2ccc(C(=O)N3CCN(C)CC3)c(N(C)C)n2)cc1C. The third-order valence-corrected chi connectivity index (χ3v) is 5.12. The molecule has 0 atom stereocenters.